The molecule has 8 heteroatoms. The molecule has 1 aliphatic heterocycles. The molecule has 0 radical (unpaired) electrons. The Labute approximate surface area is 145 Å². The van der Waals surface area contributed by atoms with Crippen LogP contribution in [-0.2, 0) is 14.6 Å². The number of rotatable bonds is 6. The van der Waals surface area contributed by atoms with Gasteiger partial charge in [-0.05, 0) is 24.3 Å². The highest BCUT2D eigenvalue weighted by atomic mass is 32.2. The SMILES string of the molecule is CC(C)C(=O)NC[C@@H](c1ccco1)S(=O)(=O)c1ccc2c(c1)OCO2. The van der Waals surface area contributed by atoms with Gasteiger partial charge in [0.25, 0.3) is 0 Å². The molecule has 0 bridgehead atoms. The van der Waals surface area contributed by atoms with E-state index < -0.39 is 15.1 Å². The lowest BCUT2D eigenvalue weighted by atomic mass is 10.2. The second-order valence-electron chi connectivity index (χ2n) is 5.96. The van der Waals surface area contributed by atoms with E-state index in [1.54, 1.807) is 32.0 Å². The molecule has 1 atom stereocenters. The maximum atomic E-state index is 13.1. The van der Waals surface area contributed by atoms with Gasteiger partial charge in [0.05, 0.1) is 11.2 Å². The van der Waals surface area contributed by atoms with E-state index in [1.807, 2.05) is 0 Å². The molecule has 0 saturated carbocycles. The highest BCUT2D eigenvalue weighted by Crippen LogP contribution is 2.37. The van der Waals surface area contributed by atoms with E-state index in [1.165, 1.54) is 18.4 Å². The van der Waals surface area contributed by atoms with Crippen LogP contribution in [0.2, 0.25) is 0 Å². The lowest BCUT2D eigenvalue weighted by Gasteiger charge is -2.17. The average Bonchev–Trinajstić information content (AvgIpc) is 3.25. The van der Waals surface area contributed by atoms with Crippen LogP contribution in [0.3, 0.4) is 0 Å². The van der Waals surface area contributed by atoms with Crippen molar-refractivity contribution in [3.8, 4) is 11.5 Å². The molecular formula is C17H19NO6S. The van der Waals surface area contributed by atoms with Gasteiger partial charge >= 0.3 is 0 Å². The summed E-state index contributed by atoms with van der Waals surface area (Å²) in [6.07, 6.45) is 1.40. The first kappa shape index (κ1) is 17.3. The Balaban J connectivity index is 1.92. The van der Waals surface area contributed by atoms with Gasteiger partial charge in [-0.3, -0.25) is 4.79 Å². The van der Waals surface area contributed by atoms with Gasteiger partial charge in [-0.15, -0.1) is 0 Å². The molecule has 1 N–H and O–H groups in total. The molecule has 2 aromatic rings. The fourth-order valence-electron chi connectivity index (χ4n) is 2.45. The molecular weight excluding hydrogens is 346 g/mol. The van der Waals surface area contributed by atoms with Gasteiger partial charge in [-0.1, -0.05) is 13.8 Å². The number of furan rings is 1. The van der Waals surface area contributed by atoms with Gasteiger partial charge in [0, 0.05) is 18.5 Å². The minimum absolute atomic E-state index is 0.0604. The summed E-state index contributed by atoms with van der Waals surface area (Å²) in [6, 6.07) is 7.64. The number of sulfone groups is 1. The predicted molar refractivity (Wildman–Crippen MR) is 89.0 cm³/mol. The number of carbonyl (C=O) groups excluding carboxylic acids is 1. The Morgan fingerprint density at radius 3 is 2.64 bits per heavy atom. The first-order chi connectivity index (χ1) is 11.9. The van der Waals surface area contributed by atoms with Crippen molar-refractivity contribution in [1.29, 1.82) is 0 Å². The van der Waals surface area contributed by atoms with Gasteiger partial charge in [0.2, 0.25) is 12.7 Å². The topological polar surface area (TPSA) is 94.8 Å². The number of nitrogens with one attached hydrogen (secondary N) is 1. The van der Waals surface area contributed by atoms with Crippen LogP contribution in [0, 0.1) is 5.92 Å². The number of hydrogen-bond donors (Lipinski definition) is 1. The van der Waals surface area contributed by atoms with Crippen molar-refractivity contribution in [2.24, 2.45) is 5.92 Å². The van der Waals surface area contributed by atoms with Crippen molar-refractivity contribution in [2.75, 3.05) is 13.3 Å². The molecule has 1 aliphatic rings. The highest BCUT2D eigenvalue weighted by molar-refractivity contribution is 7.91. The number of amides is 1. The minimum Gasteiger partial charge on any atom is -0.468 e. The van der Waals surface area contributed by atoms with Gasteiger partial charge in [0.15, 0.2) is 21.3 Å². The molecule has 3 rings (SSSR count). The van der Waals surface area contributed by atoms with E-state index in [4.69, 9.17) is 13.9 Å². The molecule has 0 spiro atoms. The molecule has 0 saturated heterocycles. The molecule has 0 fully saturated rings. The van der Waals surface area contributed by atoms with Crippen molar-refractivity contribution >= 4 is 15.7 Å². The van der Waals surface area contributed by atoms with E-state index in [0.717, 1.165) is 0 Å². The Morgan fingerprint density at radius 2 is 1.96 bits per heavy atom. The second kappa shape index (κ2) is 6.79. The van der Waals surface area contributed by atoms with Crippen LogP contribution >= 0.6 is 0 Å². The summed E-state index contributed by atoms with van der Waals surface area (Å²) in [7, 11) is -3.81. The summed E-state index contributed by atoms with van der Waals surface area (Å²) in [6.45, 7) is 3.46. The average molecular weight is 365 g/mol. The van der Waals surface area contributed by atoms with Crippen LogP contribution < -0.4 is 14.8 Å². The third-order valence-corrected chi connectivity index (χ3v) is 5.95. The summed E-state index contributed by atoms with van der Waals surface area (Å²) in [5, 5.41) is 1.63. The van der Waals surface area contributed by atoms with Gasteiger partial charge in [-0.25, -0.2) is 8.42 Å². The Bertz CT molecular complexity index is 857. The lowest BCUT2D eigenvalue weighted by molar-refractivity contribution is -0.123. The maximum Gasteiger partial charge on any atom is 0.231 e. The van der Waals surface area contributed by atoms with Crippen LogP contribution in [0.1, 0.15) is 24.9 Å². The number of hydrogen-bond acceptors (Lipinski definition) is 6. The summed E-state index contributed by atoms with van der Waals surface area (Å²) < 4.78 is 42.0. The fourth-order valence-corrected chi connectivity index (χ4v) is 4.05. The molecule has 0 unspecified atom stereocenters. The second-order valence-corrected chi connectivity index (χ2v) is 8.09. The summed E-state index contributed by atoms with van der Waals surface area (Å²) in [5.74, 6) is 0.678. The third-order valence-electron chi connectivity index (χ3n) is 3.89. The highest BCUT2D eigenvalue weighted by Gasteiger charge is 2.33. The lowest BCUT2D eigenvalue weighted by Crippen LogP contribution is -2.34. The first-order valence-corrected chi connectivity index (χ1v) is 9.39. The standard InChI is InChI=1S/C17H19NO6S/c1-11(2)17(19)18-9-16(14-4-3-7-22-14)25(20,21)12-5-6-13-15(8-12)24-10-23-13/h3-8,11,16H,9-10H2,1-2H3,(H,18,19)/t16-/m0/s1. The van der Waals surface area contributed by atoms with Crippen LogP contribution in [0.4, 0.5) is 0 Å². The van der Waals surface area contributed by atoms with Crippen LogP contribution in [-0.4, -0.2) is 27.7 Å². The quantitative estimate of drug-likeness (QED) is 0.844. The number of ether oxygens (including phenoxy) is 2. The first-order valence-electron chi connectivity index (χ1n) is 7.84. The number of benzene rings is 1. The fraction of sp³-hybridized carbons (Fsp3) is 0.353. The zero-order chi connectivity index (χ0) is 18.0. The maximum absolute atomic E-state index is 13.1. The van der Waals surface area contributed by atoms with E-state index in [-0.39, 0.29) is 35.8 Å². The predicted octanol–water partition coefficient (Wildman–Crippen LogP) is 2.30. The van der Waals surface area contributed by atoms with Crippen molar-refractivity contribution in [3.05, 3.63) is 42.4 Å². The zero-order valence-electron chi connectivity index (χ0n) is 13.9. The molecule has 25 heavy (non-hydrogen) atoms. The van der Waals surface area contributed by atoms with E-state index in [2.05, 4.69) is 5.32 Å². The molecule has 7 nitrogen and oxygen atoms in total. The van der Waals surface area contributed by atoms with Crippen molar-refractivity contribution < 1.29 is 27.1 Å². The zero-order valence-corrected chi connectivity index (χ0v) is 14.7. The van der Waals surface area contributed by atoms with Crippen LogP contribution in [0.5, 0.6) is 11.5 Å². The third kappa shape index (κ3) is 3.48. The number of fused-ring (bicyclic) bond motifs is 1. The monoisotopic (exact) mass is 365 g/mol. The molecule has 134 valence electrons. The van der Waals surface area contributed by atoms with Crippen molar-refractivity contribution in [3.63, 3.8) is 0 Å². The van der Waals surface area contributed by atoms with Crippen LogP contribution in [0.25, 0.3) is 0 Å². The summed E-state index contributed by atoms with van der Waals surface area (Å²) >= 11 is 0. The normalized spacial score (nSPS) is 14.5. The number of carbonyl (C=O) groups is 1. The Hall–Kier alpha value is -2.48. The largest absolute Gasteiger partial charge is 0.468 e. The summed E-state index contributed by atoms with van der Waals surface area (Å²) in [4.78, 5) is 11.9. The summed E-state index contributed by atoms with van der Waals surface area (Å²) in [5.41, 5.74) is 0. The smallest absolute Gasteiger partial charge is 0.231 e. The molecule has 1 aromatic carbocycles. The molecule has 1 aromatic heterocycles. The Kier molecular flexibility index (Phi) is 4.71. The van der Waals surface area contributed by atoms with Crippen molar-refractivity contribution in [2.45, 2.75) is 24.0 Å². The van der Waals surface area contributed by atoms with Crippen LogP contribution in [0.15, 0.2) is 45.9 Å². The van der Waals surface area contributed by atoms with Gasteiger partial charge in [-0.2, -0.15) is 0 Å². The molecule has 0 aliphatic carbocycles. The van der Waals surface area contributed by atoms with E-state index >= 15 is 0 Å². The van der Waals surface area contributed by atoms with Crippen molar-refractivity contribution in [1.82, 2.24) is 5.32 Å². The minimum atomic E-state index is -3.81. The van der Waals surface area contributed by atoms with E-state index in [0.29, 0.717) is 11.5 Å². The molecule has 2 heterocycles. The Morgan fingerprint density at radius 1 is 1.20 bits per heavy atom. The van der Waals surface area contributed by atoms with E-state index in [9.17, 15) is 13.2 Å². The van der Waals surface area contributed by atoms with Gasteiger partial charge < -0.3 is 19.2 Å². The van der Waals surface area contributed by atoms with Gasteiger partial charge in [0.1, 0.15) is 11.0 Å². The molecule has 1 amide bonds.